The highest BCUT2D eigenvalue weighted by Crippen LogP contribution is 2.14. The van der Waals surface area contributed by atoms with Crippen molar-refractivity contribution in [1.82, 2.24) is 14.8 Å². The van der Waals surface area contributed by atoms with E-state index in [9.17, 15) is 10.1 Å². The van der Waals surface area contributed by atoms with Gasteiger partial charge in [0.25, 0.3) is 5.69 Å². The Hall–Kier alpha value is -2.44. The van der Waals surface area contributed by atoms with Gasteiger partial charge in [-0.25, -0.2) is 0 Å². The number of aromatic nitrogens is 3. The maximum Gasteiger partial charge on any atom is 0.269 e. The molecule has 2 aromatic rings. The van der Waals surface area contributed by atoms with Gasteiger partial charge in [0, 0.05) is 30.9 Å². The molecule has 0 radical (unpaired) electrons. The zero-order valence-electron chi connectivity index (χ0n) is 8.98. The number of nitrogens with one attached hydrogen (secondary N) is 1. The molecular weight excluding hydrogens is 222 g/mol. The van der Waals surface area contributed by atoms with E-state index in [0.29, 0.717) is 6.54 Å². The van der Waals surface area contributed by atoms with Gasteiger partial charge in [-0.05, 0) is 12.1 Å². The van der Waals surface area contributed by atoms with E-state index in [0.717, 1.165) is 12.2 Å². The van der Waals surface area contributed by atoms with Gasteiger partial charge in [-0.3, -0.25) is 10.1 Å². The number of hydrogen-bond acceptors (Lipinski definition) is 5. The topological polar surface area (TPSA) is 85.9 Å². The molecule has 1 aromatic heterocycles. The number of nitrogens with zero attached hydrogens (tertiary/aromatic N) is 4. The van der Waals surface area contributed by atoms with E-state index < -0.39 is 4.92 Å². The fraction of sp³-hybridized carbons (Fsp3) is 0.200. The van der Waals surface area contributed by atoms with Crippen molar-refractivity contribution in [2.24, 2.45) is 0 Å². The molecule has 0 saturated heterocycles. The molecule has 0 atom stereocenters. The molecule has 0 aliphatic rings. The highest BCUT2D eigenvalue weighted by molar-refractivity contribution is 5.48. The number of non-ortho nitro benzene ring substituents is 1. The molecule has 88 valence electrons. The molecular formula is C10H11N5O2. The Morgan fingerprint density at radius 2 is 1.88 bits per heavy atom. The Morgan fingerprint density at radius 1 is 1.24 bits per heavy atom. The first-order valence-corrected chi connectivity index (χ1v) is 5.06. The summed E-state index contributed by atoms with van der Waals surface area (Å²) in [5.41, 5.74) is 0.943. The minimum Gasteiger partial charge on any atom is -0.383 e. The molecule has 1 heterocycles. The van der Waals surface area contributed by atoms with E-state index in [4.69, 9.17) is 0 Å². The lowest BCUT2D eigenvalue weighted by Gasteiger charge is -2.05. The highest BCUT2D eigenvalue weighted by atomic mass is 16.6. The molecule has 0 fully saturated rings. The lowest BCUT2D eigenvalue weighted by molar-refractivity contribution is -0.384. The fourth-order valence-electron chi connectivity index (χ4n) is 1.37. The van der Waals surface area contributed by atoms with Crippen molar-refractivity contribution in [3.8, 4) is 0 Å². The van der Waals surface area contributed by atoms with Gasteiger partial charge in [-0.2, -0.15) is 0 Å². The lowest BCUT2D eigenvalue weighted by atomic mass is 10.3. The first-order valence-electron chi connectivity index (χ1n) is 5.06. The predicted molar refractivity (Wildman–Crippen MR) is 61.6 cm³/mol. The van der Waals surface area contributed by atoms with Crippen molar-refractivity contribution >= 4 is 11.4 Å². The Labute approximate surface area is 97.2 Å². The van der Waals surface area contributed by atoms with E-state index in [1.54, 1.807) is 24.8 Å². The Morgan fingerprint density at radius 3 is 2.47 bits per heavy atom. The van der Waals surface area contributed by atoms with Crippen molar-refractivity contribution in [2.45, 2.75) is 6.54 Å². The normalized spacial score (nSPS) is 10.1. The molecule has 7 heteroatoms. The van der Waals surface area contributed by atoms with Gasteiger partial charge in [0.05, 0.1) is 4.92 Å². The van der Waals surface area contributed by atoms with E-state index in [1.165, 1.54) is 12.1 Å². The zero-order chi connectivity index (χ0) is 12.1. The average molecular weight is 233 g/mol. The van der Waals surface area contributed by atoms with Gasteiger partial charge in [0.15, 0.2) is 0 Å². The summed E-state index contributed by atoms with van der Waals surface area (Å²) in [5.74, 6) is 0. The van der Waals surface area contributed by atoms with Crippen LogP contribution in [-0.2, 0) is 6.54 Å². The second-order valence-electron chi connectivity index (χ2n) is 3.43. The highest BCUT2D eigenvalue weighted by Gasteiger charge is 2.03. The quantitative estimate of drug-likeness (QED) is 0.621. The molecule has 0 spiro atoms. The van der Waals surface area contributed by atoms with Gasteiger partial charge in [0.1, 0.15) is 12.7 Å². The van der Waals surface area contributed by atoms with E-state index in [2.05, 4.69) is 15.5 Å². The Kier molecular flexibility index (Phi) is 3.29. The van der Waals surface area contributed by atoms with E-state index >= 15 is 0 Å². The molecule has 2 rings (SSSR count). The predicted octanol–water partition coefficient (Wildman–Crippen LogP) is 1.30. The Bertz CT molecular complexity index is 480. The van der Waals surface area contributed by atoms with Crippen LogP contribution in [0.25, 0.3) is 0 Å². The number of nitro groups is 1. The third-order valence-electron chi connectivity index (χ3n) is 2.24. The SMILES string of the molecule is O=[N+]([O-])c1ccc(NCCn2cnnc2)cc1. The first-order chi connectivity index (χ1) is 8.25. The third kappa shape index (κ3) is 3.00. The van der Waals surface area contributed by atoms with Crippen LogP contribution in [0.15, 0.2) is 36.9 Å². The smallest absolute Gasteiger partial charge is 0.269 e. The third-order valence-corrected chi connectivity index (χ3v) is 2.24. The number of anilines is 1. The average Bonchev–Trinajstić information content (AvgIpc) is 2.83. The Balaban J connectivity index is 1.85. The molecule has 0 aliphatic carbocycles. The van der Waals surface area contributed by atoms with Crippen LogP contribution in [0.3, 0.4) is 0 Å². The summed E-state index contributed by atoms with van der Waals surface area (Å²) in [7, 11) is 0. The zero-order valence-corrected chi connectivity index (χ0v) is 8.98. The summed E-state index contributed by atoms with van der Waals surface area (Å²) in [6.45, 7) is 1.44. The molecule has 0 amide bonds. The largest absolute Gasteiger partial charge is 0.383 e. The van der Waals surface area contributed by atoms with Crippen molar-refractivity contribution in [3.63, 3.8) is 0 Å². The van der Waals surface area contributed by atoms with Crippen LogP contribution in [-0.4, -0.2) is 26.2 Å². The van der Waals surface area contributed by atoms with Gasteiger partial charge in [-0.1, -0.05) is 0 Å². The molecule has 1 aromatic carbocycles. The van der Waals surface area contributed by atoms with Crippen molar-refractivity contribution in [2.75, 3.05) is 11.9 Å². The van der Waals surface area contributed by atoms with Gasteiger partial charge in [0.2, 0.25) is 0 Å². The van der Waals surface area contributed by atoms with Crippen LogP contribution in [0.2, 0.25) is 0 Å². The summed E-state index contributed by atoms with van der Waals surface area (Å²) in [5, 5.41) is 21.0. The van der Waals surface area contributed by atoms with Crippen molar-refractivity contribution in [1.29, 1.82) is 0 Å². The van der Waals surface area contributed by atoms with Crippen molar-refractivity contribution in [3.05, 3.63) is 47.0 Å². The molecule has 1 N–H and O–H groups in total. The van der Waals surface area contributed by atoms with Crippen LogP contribution >= 0.6 is 0 Å². The molecule has 7 nitrogen and oxygen atoms in total. The number of benzene rings is 1. The van der Waals surface area contributed by atoms with Crippen LogP contribution in [0.1, 0.15) is 0 Å². The maximum absolute atomic E-state index is 10.4. The number of rotatable bonds is 5. The molecule has 17 heavy (non-hydrogen) atoms. The van der Waals surface area contributed by atoms with Gasteiger partial charge < -0.3 is 9.88 Å². The fourth-order valence-corrected chi connectivity index (χ4v) is 1.37. The second-order valence-corrected chi connectivity index (χ2v) is 3.43. The van der Waals surface area contributed by atoms with E-state index in [-0.39, 0.29) is 5.69 Å². The number of hydrogen-bond donors (Lipinski definition) is 1. The van der Waals surface area contributed by atoms with Crippen LogP contribution < -0.4 is 5.32 Å². The number of nitro benzene ring substituents is 1. The molecule has 0 bridgehead atoms. The monoisotopic (exact) mass is 233 g/mol. The minimum absolute atomic E-state index is 0.0920. The second kappa shape index (κ2) is 5.06. The first kappa shape index (κ1) is 11.1. The van der Waals surface area contributed by atoms with Crippen LogP contribution in [0.4, 0.5) is 11.4 Å². The summed E-state index contributed by atoms with van der Waals surface area (Å²) in [4.78, 5) is 10.0. The maximum atomic E-state index is 10.4. The van der Waals surface area contributed by atoms with Crippen molar-refractivity contribution < 1.29 is 4.92 Å². The minimum atomic E-state index is -0.416. The van der Waals surface area contributed by atoms with E-state index in [1.807, 2.05) is 4.57 Å². The molecule has 0 saturated carbocycles. The van der Waals surface area contributed by atoms with Crippen LogP contribution in [0.5, 0.6) is 0 Å². The van der Waals surface area contributed by atoms with Gasteiger partial charge >= 0.3 is 0 Å². The summed E-state index contributed by atoms with van der Waals surface area (Å²) in [6.07, 6.45) is 3.27. The summed E-state index contributed by atoms with van der Waals surface area (Å²) >= 11 is 0. The summed E-state index contributed by atoms with van der Waals surface area (Å²) < 4.78 is 1.85. The molecule has 0 aliphatic heterocycles. The van der Waals surface area contributed by atoms with Gasteiger partial charge in [-0.15, -0.1) is 10.2 Å². The molecule has 0 unspecified atom stereocenters. The standard InChI is InChI=1S/C10H11N5O2/c16-15(17)10-3-1-9(2-4-10)11-5-6-14-7-12-13-8-14/h1-4,7-8,11H,5-6H2. The van der Waals surface area contributed by atoms with Crippen LogP contribution in [0, 0.1) is 10.1 Å². The lowest BCUT2D eigenvalue weighted by Crippen LogP contribution is -2.09. The summed E-state index contributed by atoms with van der Waals surface area (Å²) in [6, 6.07) is 6.32.